The highest BCUT2D eigenvalue weighted by Crippen LogP contribution is 2.39. The number of carbonyl (C=O) groups is 3. The monoisotopic (exact) mass is 455 g/mol. The second-order valence-electron chi connectivity index (χ2n) is 6.94. The van der Waals surface area contributed by atoms with Gasteiger partial charge in [-0.2, -0.15) is 0 Å². The van der Waals surface area contributed by atoms with E-state index in [1.54, 1.807) is 48.5 Å². The summed E-state index contributed by atoms with van der Waals surface area (Å²) >= 11 is 7.24. The summed E-state index contributed by atoms with van der Waals surface area (Å²) in [5.74, 6) is -1.29. The van der Waals surface area contributed by atoms with Gasteiger partial charge in [0.2, 0.25) is 5.91 Å². The van der Waals surface area contributed by atoms with Crippen molar-refractivity contribution in [1.82, 2.24) is 4.98 Å². The Morgan fingerprint density at radius 1 is 1.03 bits per heavy atom. The van der Waals surface area contributed by atoms with E-state index in [0.29, 0.717) is 39.1 Å². The predicted molar refractivity (Wildman–Crippen MR) is 119 cm³/mol. The standard InChI is InChI=1S/C22H18ClN3O4S/c1-30-21(29)13-4-8-15(9-5-13)24-20(28)16-10-11-17-18(16)25-22(31-17)26-19(27)12-2-6-14(23)7-3-12/h2-9,16H,10-11H2,1H3,(H,24,28)(H,25,26,27). The Hall–Kier alpha value is -3.23. The Morgan fingerprint density at radius 3 is 2.39 bits per heavy atom. The number of nitrogens with zero attached hydrogens (tertiary/aromatic N) is 1. The molecule has 1 aliphatic rings. The van der Waals surface area contributed by atoms with Gasteiger partial charge >= 0.3 is 5.97 Å². The summed E-state index contributed by atoms with van der Waals surface area (Å²) in [6.45, 7) is 0. The zero-order chi connectivity index (χ0) is 22.0. The van der Waals surface area contributed by atoms with Gasteiger partial charge in [0.1, 0.15) is 0 Å². The van der Waals surface area contributed by atoms with Gasteiger partial charge in [-0.25, -0.2) is 9.78 Å². The maximum atomic E-state index is 12.8. The van der Waals surface area contributed by atoms with E-state index in [0.717, 1.165) is 11.3 Å². The summed E-state index contributed by atoms with van der Waals surface area (Å²) in [7, 11) is 1.32. The number of hydrogen-bond donors (Lipinski definition) is 2. The van der Waals surface area contributed by atoms with Gasteiger partial charge < -0.3 is 10.1 Å². The summed E-state index contributed by atoms with van der Waals surface area (Å²) in [4.78, 5) is 42.2. The zero-order valence-corrected chi connectivity index (χ0v) is 18.0. The Bertz CT molecular complexity index is 1140. The Balaban J connectivity index is 1.43. The fourth-order valence-electron chi connectivity index (χ4n) is 3.34. The van der Waals surface area contributed by atoms with E-state index in [-0.39, 0.29) is 11.8 Å². The molecule has 1 heterocycles. The van der Waals surface area contributed by atoms with Crippen molar-refractivity contribution in [2.24, 2.45) is 0 Å². The second kappa shape index (κ2) is 8.87. The normalized spacial score (nSPS) is 14.6. The minimum absolute atomic E-state index is 0.176. The quantitative estimate of drug-likeness (QED) is 0.552. The summed E-state index contributed by atoms with van der Waals surface area (Å²) < 4.78 is 4.67. The molecule has 0 radical (unpaired) electrons. The maximum absolute atomic E-state index is 12.8. The number of hydrogen-bond acceptors (Lipinski definition) is 6. The third-order valence-corrected chi connectivity index (χ3v) is 6.23. The molecule has 0 aliphatic heterocycles. The lowest BCUT2D eigenvalue weighted by Crippen LogP contribution is -2.20. The summed E-state index contributed by atoms with van der Waals surface area (Å²) in [6, 6.07) is 13.1. The molecule has 0 bridgehead atoms. The number of ether oxygens (including phenoxy) is 1. The minimum Gasteiger partial charge on any atom is -0.465 e. The van der Waals surface area contributed by atoms with Gasteiger partial charge in [0, 0.05) is 21.2 Å². The van der Waals surface area contributed by atoms with E-state index < -0.39 is 11.9 Å². The molecule has 3 aromatic rings. The number of anilines is 2. The molecular weight excluding hydrogens is 438 g/mol. The first-order valence-corrected chi connectivity index (χ1v) is 10.7. The number of aromatic nitrogens is 1. The third-order valence-electron chi connectivity index (χ3n) is 4.93. The molecule has 0 saturated carbocycles. The highest BCUT2D eigenvalue weighted by atomic mass is 35.5. The molecule has 9 heteroatoms. The molecule has 2 amide bonds. The van der Waals surface area contributed by atoms with Gasteiger partial charge in [0.05, 0.1) is 24.3 Å². The van der Waals surface area contributed by atoms with Crippen molar-refractivity contribution in [3.05, 3.63) is 75.3 Å². The molecule has 158 valence electrons. The Labute approximate surface area is 187 Å². The second-order valence-corrected chi connectivity index (χ2v) is 8.46. The molecule has 31 heavy (non-hydrogen) atoms. The topological polar surface area (TPSA) is 97.4 Å². The lowest BCUT2D eigenvalue weighted by Gasteiger charge is -2.11. The minimum atomic E-state index is -0.436. The average molecular weight is 456 g/mol. The number of benzene rings is 2. The molecule has 4 rings (SSSR count). The molecule has 2 N–H and O–H groups in total. The van der Waals surface area contributed by atoms with Crippen LogP contribution in [0, 0.1) is 0 Å². The van der Waals surface area contributed by atoms with Crippen molar-refractivity contribution in [2.45, 2.75) is 18.8 Å². The van der Waals surface area contributed by atoms with Crippen LogP contribution in [0.5, 0.6) is 0 Å². The van der Waals surface area contributed by atoms with Crippen LogP contribution in [0.4, 0.5) is 10.8 Å². The van der Waals surface area contributed by atoms with Crippen LogP contribution in [0.2, 0.25) is 5.02 Å². The van der Waals surface area contributed by atoms with E-state index >= 15 is 0 Å². The highest BCUT2D eigenvalue weighted by Gasteiger charge is 2.33. The number of halogens is 1. The number of nitrogens with one attached hydrogen (secondary N) is 2. The number of esters is 1. The van der Waals surface area contributed by atoms with Crippen LogP contribution in [0.15, 0.2) is 48.5 Å². The van der Waals surface area contributed by atoms with Crippen molar-refractivity contribution in [1.29, 1.82) is 0 Å². The molecule has 1 aliphatic carbocycles. The van der Waals surface area contributed by atoms with Gasteiger partial charge in [0.25, 0.3) is 5.91 Å². The van der Waals surface area contributed by atoms with Crippen LogP contribution in [-0.2, 0) is 16.0 Å². The van der Waals surface area contributed by atoms with E-state index in [9.17, 15) is 14.4 Å². The molecule has 1 unspecified atom stereocenters. The van der Waals surface area contributed by atoms with E-state index in [1.807, 2.05) is 0 Å². The van der Waals surface area contributed by atoms with Gasteiger partial charge in [-0.3, -0.25) is 14.9 Å². The van der Waals surface area contributed by atoms with Crippen LogP contribution < -0.4 is 10.6 Å². The van der Waals surface area contributed by atoms with Crippen LogP contribution in [0.1, 0.15) is 43.6 Å². The fraction of sp³-hybridized carbons (Fsp3) is 0.182. The number of aryl methyl sites for hydroxylation is 1. The van der Waals surface area contributed by atoms with E-state index in [4.69, 9.17) is 11.6 Å². The number of rotatable bonds is 5. The van der Waals surface area contributed by atoms with Crippen molar-refractivity contribution < 1.29 is 19.1 Å². The Kier molecular flexibility index (Phi) is 6.01. The number of amides is 2. The van der Waals surface area contributed by atoms with Crippen molar-refractivity contribution >= 4 is 51.5 Å². The van der Waals surface area contributed by atoms with Gasteiger partial charge in [-0.1, -0.05) is 11.6 Å². The SMILES string of the molecule is COC(=O)c1ccc(NC(=O)C2CCc3sc(NC(=O)c4ccc(Cl)cc4)nc32)cc1. The Morgan fingerprint density at radius 2 is 1.71 bits per heavy atom. The van der Waals surface area contributed by atoms with E-state index in [1.165, 1.54) is 18.4 Å². The number of carbonyl (C=O) groups excluding carboxylic acids is 3. The summed E-state index contributed by atoms with van der Waals surface area (Å²) in [5.41, 5.74) is 2.16. The van der Waals surface area contributed by atoms with Crippen molar-refractivity contribution in [3.63, 3.8) is 0 Å². The first-order valence-electron chi connectivity index (χ1n) is 9.50. The van der Waals surface area contributed by atoms with Crippen molar-refractivity contribution in [3.8, 4) is 0 Å². The van der Waals surface area contributed by atoms with Crippen LogP contribution in [0.3, 0.4) is 0 Å². The fourth-order valence-corrected chi connectivity index (χ4v) is 4.50. The van der Waals surface area contributed by atoms with E-state index in [2.05, 4.69) is 20.4 Å². The van der Waals surface area contributed by atoms with Crippen LogP contribution >= 0.6 is 22.9 Å². The summed E-state index contributed by atoms with van der Waals surface area (Å²) in [6.07, 6.45) is 1.38. The average Bonchev–Trinajstić information content (AvgIpc) is 3.34. The molecule has 0 spiro atoms. The first-order chi connectivity index (χ1) is 14.9. The zero-order valence-electron chi connectivity index (χ0n) is 16.5. The number of methoxy groups -OCH3 is 1. The molecule has 0 fully saturated rings. The van der Waals surface area contributed by atoms with Crippen molar-refractivity contribution in [2.75, 3.05) is 17.7 Å². The molecular formula is C22H18ClN3O4S. The lowest BCUT2D eigenvalue weighted by atomic mass is 10.1. The highest BCUT2D eigenvalue weighted by molar-refractivity contribution is 7.16. The van der Waals surface area contributed by atoms with Gasteiger partial charge in [-0.15, -0.1) is 11.3 Å². The molecule has 1 atom stereocenters. The lowest BCUT2D eigenvalue weighted by molar-refractivity contribution is -0.117. The predicted octanol–water partition coefficient (Wildman–Crippen LogP) is 4.50. The molecule has 2 aromatic carbocycles. The van der Waals surface area contributed by atoms with Gasteiger partial charge in [-0.05, 0) is 61.4 Å². The van der Waals surface area contributed by atoms with Crippen LogP contribution in [0.25, 0.3) is 0 Å². The largest absolute Gasteiger partial charge is 0.465 e. The van der Waals surface area contributed by atoms with Gasteiger partial charge in [0.15, 0.2) is 5.13 Å². The maximum Gasteiger partial charge on any atom is 0.337 e. The smallest absolute Gasteiger partial charge is 0.337 e. The molecule has 0 saturated heterocycles. The molecule has 1 aromatic heterocycles. The molecule has 7 nitrogen and oxygen atoms in total. The first kappa shape index (κ1) is 21.0. The van der Waals surface area contributed by atoms with Crippen LogP contribution in [-0.4, -0.2) is 29.9 Å². The third kappa shape index (κ3) is 4.60. The number of thiazole rings is 1. The number of fused-ring (bicyclic) bond motifs is 1. The summed E-state index contributed by atoms with van der Waals surface area (Å²) in [5, 5.41) is 6.67.